The van der Waals surface area contributed by atoms with E-state index in [0.29, 0.717) is 23.6 Å². The van der Waals surface area contributed by atoms with Crippen molar-refractivity contribution in [2.45, 2.75) is 12.8 Å². The van der Waals surface area contributed by atoms with Gasteiger partial charge in [0.2, 0.25) is 12.7 Å². The lowest BCUT2D eigenvalue weighted by molar-refractivity contribution is -0.116. The van der Waals surface area contributed by atoms with E-state index in [0.717, 1.165) is 5.56 Å². The maximum absolute atomic E-state index is 14.0. The number of hydrogen-bond donors (Lipinski definition) is 1. The molecule has 0 aliphatic carbocycles. The average molecular weight is 355 g/mol. The first-order valence-electron chi connectivity index (χ1n) is 7.90. The topological polar surface area (TPSA) is 91.2 Å². The van der Waals surface area contributed by atoms with E-state index in [4.69, 9.17) is 9.47 Å². The molecule has 0 atom stereocenters. The summed E-state index contributed by atoms with van der Waals surface area (Å²) in [5.74, 6) is 0.538. The van der Waals surface area contributed by atoms with Crippen molar-refractivity contribution in [1.82, 2.24) is 20.2 Å². The number of amides is 1. The zero-order valence-electron chi connectivity index (χ0n) is 13.6. The van der Waals surface area contributed by atoms with Gasteiger partial charge in [-0.25, -0.2) is 9.07 Å². The Kier molecular flexibility index (Phi) is 4.18. The van der Waals surface area contributed by atoms with Gasteiger partial charge in [0, 0.05) is 6.42 Å². The smallest absolute Gasteiger partial charge is 0.231 e. The molecular weight excluding hydrogens is 341 g/mol. The van der Waals surface area contributed by atoms with Gasteiger partial charge in [0.05, 0.1) is 11.4 Å². The largest absolute Gasteiger partial charge is 0.454 e. The minimum Gasteiger partial charge on any atom is -0.454 e. The highest BCUT2D eigenvalue weighted by atomic mass is 19.1. The molecule has 1 aliphatic heterocycles. The number of ether oxygens (including phenoxy) is 2. The number of carbonyl (C=O) groups excluding carboxylic acids is 1. The van der Waals surface area contributed by atoms with Crippen molar-refractivity contribution in [1.29, 1.82) is 0 Å². The molecule has 4 rings (SSSR count). The van der Waals surface area contributed by atoms with Gasteiger partial charge in [-0.3, -0.25) is 4.79 Å². The molecule has 2 aromatic carbocycles. The van der Waals surface area contributed by atoms with Crippen LogP contribution in [0.3, 0.4) is 0 Å². The lowest BCUT2D eigenvalue weighted by atomic mass is 10.1. The summed E-state index contributed by atoms with van der Waals surface area (Å²) in [7, 11) is 0. The zero-order valence-corrected chi connectivity index (χ0v) is 13.6. The average Bonchev–Trinajstić information content (AvgIpc) is 3.33. The fourth-order valence-electron chi connectivity index (χ4n) is 2.60. The maximum Gasteiger partial charge on any atom is 0.231 e. The number of aromatic nitrogens is 4. The van der Waals surface area contributed by atoms with Crippen LogP contribution in [0.15, 0.2) is 42.7 Å². The summed E-state index contributed by atoms with van der Waals surface area (Å²) in [5.41, 5.74) is 1.56. The minimum absolute atomic E-state index is 0.0775. The monoisotopic (exact) mass is 355 g/mol. The highest BCUT2D eigenvalue weighted by Crippen LogP contribution is 2.32. The van der Waals surface area contributed by atoms with Crippen LogP contribution in [0.5, 0.6) is 11.5 Å². The molecule has 0 radical (unpaired) electrons. The van der Waals surface area contributed by atoms with Crippen molar-refractivity contribution in [2.75, 3.05) is 12.1 Å². The second-order valence-corrected chi connectivity index (χ2v) is 5.65. The van der Waals surface area contributed by atoms with Crippen LogP contribution in [0.2, 0.25) is 0 Å². The van der Waals surface area contributed by atoms with E-state index in [-0.39, 0.29) is 24.8 Å². The molecule has 132 valence electrons. The molecule has 0 spiro atoms. The third-order valence-electron chi connectivity index (χ3n) is 3.92. The fraction of sp³-hybridized carbons (Fsp3) is 0.176. The summed E-state index contributed by atoms with van der Waals surface area (Å²) in [5, 5.41) is 13.4. The molecule has 8 nitrogen and oxygen atoms in total. The van der Waals surface area contributed by atoms with E-state index in [1.165, 1.54) is 29.2 Å². The van der Waals surface area contributed by atoms with Crippen molar-refractivity contribution >= 4 is 11.6 Å². The number of tetrazole rings is 1. The second kappa shape index (κ2) is 6.79. The molecule has 1 aromatic heterocycles. The van der Waals surface area contributed by atoms with Gasteiger partial charge < -0.3 is 14.8 Å². The number of carbonyl (C=O) groups is 1. The number of rotatable bonds is 5. The van der Waals surface area contributed by atoms with Crippen LogP contribution < -0.4 is 14.8 Å². The number of halogens is 1. The van der Waals surface area contributed by atoms with Gasteiger partial charge >= 0.3 is 0 Å². The molecule has 26 heavy (non-hydrogen) atoms. The van der Waals surface area contributed by atoms with Gasteiger partial charge in [-0.05, 0) is 52.7 Å². The Hall–Kier alpha value is -3.49. The molecule has 2 heterocycles. The number of nitrogens with zero attached hydrogens (tertiary/aromatic N) is 4. The van der Waals surface area contributed by atoms with Crippen LogP contribution in [0.25, 0.3) is 5.69 Å². The van der Waals surface area contributed by atoms with Gasteiger partial charge in [0.15, 0.2) is 11.5 Å². The summed E-state index contributed by atoms with van der Waals surface area (Å²) in [6.45, 7) is 0.205. The van der Waals surface area contributed by atoms with E-state index in [2.05, 4.69) is 20.8 Å². The standard InChI is InChI=1S/C17H14FN5O3/c18-13-4-3-12(23-9-19-21-22-23)8-14(13)20-17(24)6-2-11-1-5-15-16(7-11)26-10-25-15/h1,3-5,7-9H,2,6,10H2,(H,20,24). The van der Waals surface area contributed by atoms with Gasteiger partial charge in [-0.1, -0.05) is 6.07 Å². The third-order valence-corrected chi connectivity index (χ3v) is 3.92. The summed E-state index contributed by atoms with van der Waals surface area (Å²) >= 11 is 0. The summed E-state index contributed by atoms with van der Waals surface area (Å²) in [4.78, 5) is 12.2. The molecule has 0 bridgehead atoms. The summed E-state index contributed by atoms with van der Waals surface area (Å²) in [6.07, 6.45) is 2.09. The Morgan fingerprint density at radius 1 is 1.19 bits per heavy atom. The lowest BCUT2D eigenvalue weighted by Gasteiger charge is -2.09. The zero-order chi connectivity index (χ0) is 17.9. The van der Waals surface area contributed by atoms with Gasteiger partial charge in [0.1, 0.15) is 12.1 Å². The summed E-state index contributed by atoms with van der Waals surface area (Å²) < 4.78 is 25.9. The molecule has 1 N–H and O–H groups in total. The van der Waals surface area contributed by atoms with Gasteiger partial charge in [-0.15, -0.1) is 5.10 Å². The highest BCUT2D eigenvalue weighted by molar-refractivity contribution is 5.91. The van der Waals surface area contributed by atoms with Crippen molar-refractivity contribution in [3.8, 4) is 17.2 Å². The van der Waals surface area contributed by atoms with Crippen LogP contribution >= 0.6 is 0 Å². The number of aryl methyl sites for hydroxylation is 1. The normalized spacial score (nSPS) is 12.2. The number of benzene rings is 2. The van der Waals surface area contributed by atoms with Gasteiger partial charge in [0.25, 0.3) is 0 Å². The molecule has 0 saturated carbocycles. The predicted molar refractivity (Wildman–Crippen MR) is 88.6 cm³/mol. The number of fused-ring (bicyclic) bond motifs is 1. The Morgan fingerprint density at radius 2 is 2.08 bits per heavy atom. The van der Waals surface area contributed by atoms with Crippen LogP contribution in [0, 0.1) is 5.82 Å². The van der Waals surface area contributed by atoms with E-state index in [1.807, 2.05) is 18.2 Å². The molecule has 0 saturated heterocycles. The molecule has 3 aromatic rings. The van der Waals surface area contributed by atoms with E-state index < -0.39 is 5.82 Å². The quantitative estimate of drug-likeness (QED) is 0.754. The highest BCUT2D eigenvalue weighted by Gasteiger charge is 2.14. The number of anilines is 1. The van der Waals surface area contributed by atoms with Crippen LogP contribution in [-0.4, -0.2) is 32.9 Å². The number of hydrogen-bond acceptors (Lipinski definition) is 6. The Balaban J connectivity index is 1.41. The first-order chi connectivity index (χ1) is 12.7. The minimum atomic E-state index is -0.529. The van der Waals surface area contributed by atoms with Gasteiger partial charge in [-0.2, -0.15) is 0 Å². The summed E-state index contributed by atoms with van der Waals surface area (Å²) in [6, 6.07) is 9.78. The van der Waals surface area contributed by atoms with Crippen LogP contribution in [-0.2, 0) is 11.2 Å². The lowest BCUT2D eigenvalue weighted by Crippen LogP contribution is -2.14. The molecule has 1 aliphatic rings. The van der Waals surface area contributed by atoms with E-state index >= 15 is 0 Å². The van der Waals surface area contributed by atoms with Crippen LogP contribution in [0.1, 0.15) is 12.0 Å². The first-order valence-corrected chi connectivity index (χ1v) is 7.90. The third kappa shape index (κ3) is 3.32. The van der Waals surface area contributed by atoms with Crippen LogP contribution in [0.4, 0.5) is 10.1 Å². The molecule has 0 unspecified atom stereocenters. The number of nitrogens with one attached hydrogen (secondary N) is 1. The second-order valence-electron chi connectivity index (χ2n) is 5.65. The molecule has 1 amide bonds. The maximum atomic E-state index is 14.0. The Bertz CT molecular complexity index is 946. The van der Waals surface area contributed by atoms with Crippen molar-refractivity contribution in [2.24, 2.45) is 0 Å². The molecule has 9 heteroatoms. The van der Waals surface area contributed by atoms with E-state index in [9.17, 15) is 9.18 Å². The Morgan fingerprint density at radius 3 is 2.92 bits per heavy atom. The SMILES string of the molecule is O=C(CCc1ccc2c(c1)OCO2)Nc1cc(-n2cnnn2)ccc1F. The van der Waals surface area contributed by atoms with Crippen molar-refractivity contribution in [3.05, 3.63) is 54.1 Å². The van der Waals surface area contributed by atoms with Crippen molar-refractivity contribution in [3.63, 3.8) is 0 Å². The van der Waals surface area contributed by atoms with E-state index in [1.54, 1.807) is 0 Å². The first kappa shape index (κ1) is 16.0. The molecule has 0 fully saturated rings. The van der Waals surface area contributed by atoms with Crippen molar-refractivity contribution < 1.29 is 18.7 Å². The predicted octanol–water partition coefficient (Wildman–Crippen LogP) is 2.10. The fourth-order valence-corrected chi connectivity index (χ4v) is 2.60. The Labute approximate surface area is 147 Å². The molecular formula is C17H14FN5O3.